The van der Waals surface area contributed by atoms with Crippen molar-refractivity contribution in [3.8, 4) is 0 Å². The van der Waals surface area contributed by atoms with Crippen LogP contribution in [-0.2, 0) is 4.74 Å². The molecule has 0 aromatic heterocycles. The Labute approximate surface area is 116 Å². The lowest BCUT2D eigenvalue weighted by Crippen LogP contribution is -2.20. The molecule has 1 aromatic rings. The van der Waals surface area contributed by atoms with E-state index in [-0.39, 0.29) is 18.3 Å². The molecule has 1 fully saturated rings. The molecular weight excluding hydrogens is 236 g/mol. The number of aliphatic hydroxyl groups excluding tert-OH is 1. The Hall–Kier alpha value is -1.12. The molecule has 2 rings (SSSR count). The maximum atomic E-state index is 10.00. The zero-order valence-electron chi connectivity index (χ0n) is 11.7. The van der Waals surface area contributed by atoms with E-state index in [1.54, 1.807) is 0 Å². The molecule has 2 nitrogen and oxygen atoms in total. The topological polar surface area (TPSA) is 29.5 Å². The highest BCUT2D eigenvalue weighted by atomic mass is 16.5. The molecule has 19 heavy (non-hydrogen) atoms. The first-order valence-electron chi connectivity index (χ1n) is 7.36. The van der Waals surface area contributed by atoms with E-state index >= 15 is 0 Å². The molecule has 0 unspecified atom stereocenters. The zero-order chi connectivity index (χ0) is 13.5. The van der Waals surface area contributed by atoms with Crippen LogP contribution in [0, 0.1) is 0 Å². The Bertz CT molecular complexity index is 386. The van der Waals surface area contributed by atoms with Crippen LogP contribution in [0.5, 0.6) is 0 Å². The zero-order valence-corrected chi connectivity index (χ0v) is 11.7. The number of aliphatic hydroxyl groups is 1. The third-order valence-electron chi connectivity index (χ3n) is 3.65. The predicted octanol–water partition coefficient (Wildman–Crippen LogP) is 3.80. The first-order valence-corrected chi connectivity index (χ1v) is 7.36. The van der Waals surface area contributed by atoms with E-state index < -0.39 is 0 Å². The maximum Gasteiger partial charge on any atom is 0.0843 e. The fourth-order valence-electron chi connectivity index (χ4n) is 2.52. The normalized spacial score (nSPS) is 27.2. The van der Waals surface area contributed by atoms with Gasteiger partial charge in [0.2, 0.25) is 0 Å². The van der Waals surface area contributed by atoms with Gasteiger partial charge in [0.05, 0.1) is 18.3 Å². The summed E-state index contributed by atoms with van der Waals surface area (Å²) >= 11 is 0. The fourth-order valence-corrected chi connectivity index (χ4v) is 2.52. The van der Waals surface area contributed by atoms with Gasteiger partial charge < -0.3 is 9.84 Å². The van der Waals surface area contributed by atoms with Gasteiger partial charge in [-0.05, 0) is 12.0 Å². The van der Waals surface area contributed by atoms with Crippen molar-refractivity contribution in [2.45, 2.75) is 57.3 Å². The van der Waals surface area contributed by atoms with Crippen LogP contribution in [0.25, 0.3) is 6.08 Å². The second-order valence-electron chi connectivity index (χ2n) is 5.28. The minimum atomic E-state index is -0.303. The Morgan fingerprint density at radius 1 is 1.26 bits per heavy atom. The van der Waals surface area contributed by atoms with Crippen molar-refractivity contribution in [2.75, 3.05) is 0 Å². The standard InChI is InChI=1S/C17H24O2/c1-2-3-5-10-17-16(18)13-15(19-17)12-11-14-8-6-4-7-9-14/h4,6-9,11-12,15-18H,2-3,5,10,13H2,1H3/b12-11+/t15-,16+,17+/m1/s1. The van der Waals surface area contributed by atoms with E-state index in [1.807, 2.05) is 18.2 Å². The lowest BCUT2D eigenvalue weighted by atomic mass is 10.0. The summed E-state index contributed by atoms with van der Waals surface area (Å²) in [6, 6.07) is 10.2. The van der Waals surface area contributed by atoms with Gasteiger partial charge in [-0.1, -0.05) is 68.7 Å². The van der Waals surface area contributed by atoms with Crippen LogP contribution in [-0.4, -0.2) is 23.4 Å². The minimum Gasteiger partial charge on any atom is -0.390 e. The van der Waals surface area contributed by atoms with Crippen LogP contribution < -0.4 is 0 Å². The van der Waals surface area contributed by atoms with Gasteiger partial charge in [0, 0.05) is 6.42 Å². The lowest BCUT2D eigenvalue weighted by molar-refractivity contribution is 0.0180. The Morgan fingerprint density at radius 3 is 2.79 bits per heavy atom. The van der Waals surface area contributed by atoms with Gasteiger partial charge in [0.1, 0.15) is 0 Å². The summed E-state index contributed by atoms with van der Waals surface area (Å²) in [4.78, 5) is 0. The van der Waals surface area contributed by atoms with Crippen LogP contribution in [0.2, 0.25) is 0 Å². The van der Waals surface area contributed by atoms with Crippen molar-refractivity contribution in [2.24, 2.45) is 0 Å². The van der Waals surface area contributed by atoms with Gasteiger partial charge in [-0.25, -0.2) is 0 Å². The molecule has 1 heterocycles. The van der Waals surface area contributed by atoms with Gasteiger partial charge in [-0.15, -0.1) is 0 Å². The van der Waals surface area contributed by atoms with Gasteiger partial charge in [-0.3, -0.25) is 0 Å². The van der Waals surface area contributed by atoms with E-state index in [1.165, 1.54) is 18.4 Å². The molecule has 2 heteroatoms. The van der Waals surface area contributed by atoms with Crippen LogP contribution in [0.1, 0.15) is 44.6 Å². The Kier molecular flexibility index (Phi) is 5.62. The van der Waals surface area contributed by atoms with E-state index in [0.717, 1.165) is 19.3 Å². The first-order chi connectivity index (χ1) is 9.29. The molecule has 1 saturated heterocycles. The smallest absolute Gasteiger partial charge is 0.0843 e. The molecule has 1 aliphatic rings. The molecule has 0 spiro atoms. The van der Waals surface area contributed by atoms with E-state index in [0.29, 0.717) is 0 Å². The van der Waals surface area contributed by atoms with Crippen LogP contribution >= 0.6 is 0 Å². The second kappa shape index (κ2) is 7.46. The number of benzene rings is 1. The van der Waals surface area contributed by atoms with E-state index in [2.05, 4.69) is 31.2 Å². The molecule has 0 radical (unpaired) electrons. The van der Waals surface area contributed by atoms with Crippen molar-refractivity contribution in [3.63, 3.8) is 0 Å². The number of hydrogen-bond acceptors (Lipinski definition) is 2. The fraction of sp³-hybridized carbons (Fsp3) is 0.529. The van der Waals surface area contributed by atoms with Crippen LogP contribution in [0.4, 0.5) is 0 Å². The quantitative estimate of drug-likeness (QED) is 0.788. The third-order valence-corrected chi connectivity index (χ3v) is 3.65. The lowest BCUT2D eigenvalue weighted by Gasteiger charge is -2.13. The highest BCUT2D eigenvalue weighted by Gasteiger charge is 2.31. The largest absolute Gasteiger partial charge is 0.390 e. The molecule has 0 saturated carbocycles. The second-order valence-corrected chi connectivity index (χ2v) is 5.28. The van der Waals surface area contributed by atoms with Gasteiger partial charge >= 0.3 is 0 Å². The van der Waals surface area contributed by atoms with Crippen LogP contribution in [0.15, 0.2) is 36.4 Å². The number of hydrogen-bond donors (Lipinski definition) is 1. The summed E-state index contributed by atoms with van der Waals surface area (Å²) in [5.74, 6) is 0. The Balaban J connectivity index is 1.82. The van der Waals surface area contributed by atoms with Crippen molar-refractivity contribution >= 4 is 6.08 Å². The summed E-state index contributed by atoms with van der Waals surface area (Å²) in [5.41, 5.74) is 1.18. The number of unbranched alkanes of at least 4 members (excludes halogenated alkanes) is 2. The minimum absolute atomic E-state index is 0.0250. The summed E-state index contributed by atoms with van der Waals surface area (Å²) < 4.78 is 5.91. The van der Waals surface area contributed by atoms with Gasteiger partial charge in [0.25, 0.3) is 0 Å². The van der Waals surface area contributed by atoms with Crippen molar-refractivity contribution < 1.29 is 9.84 Å². The molecule has 0 aliphatic carbocycles. The summed E-state index contributed by atoms with van der Waals surface area (Å²) in [5, 5.41) is 10.00. The molecule has 0 amide bonds. The van der Waals surface area contributed by atoms with Gasteiger partial charge in [0.15, 0.2) is 0 Å². The Morgan fingerprint density at radius 2 is 2.05 bits per heavy atom. The van der Waals surface area contributed by atoms with E-state index in [9.17, 15) is 5.11 Å². The molecule has 1 N–H and O–H groups in total. The molecule has 1 aliphatic heterocycles. The van der Waals surface area contributed by atoms with Crippen molar-refractivity contribution in [1.82, 2.24) is 0 Å². The average molecular weight is 260 g/mol. The summed E-state index contributed by atoms with van der Waals surface area (Å²) in [6.45, 7) is 2.19. The van der Waals surface area contributed by atoms with Crippen molar-refractivity contribution in [1.29, 1.82) is 0 Å². The highest BCUT2D eigenvalue weighted by molar-refractivity contribution is 5.49. The summed E-state index contributed by atoms with van der Waals surface area (Å²) in [7, 11) is 0. The van der Waals surface area contributed by atoms with E-state index in [4.69, 9.17) is 4.74 Å². The predicted molar refractivity (Wildman–Crippen MR) is 78.9 cm³/mol. The molecule has 3 atom stereocenters. The maximum absolute atomic E-state index is 10.00. The molecule has 0 bridgehead atoms. The SMILES string of the molecule is CCCCC[C@@H]1O[C@H](/C=C/c2ccccc2)C[C@@H]1O. The number of ether oxygens (including phenoxy) is 1. The molecule has 1 aromatic carbocycles. The average Bonchev–Trinajstić information content (AvgIpc) is 2.79. The third kappa shape index (κ3) is 4.48. The first kappa shape index (κ1) is 14.3. The van der Waals surface area contributed by atoms with Crippen LogP contribution in [0.3, 0.4) is 0 Å². The molecular formula is C17H24O2. The van der Waals surface area contributed by atoms with Gasteiger partial charge in [-0.2, -0.15) is 0 Å². The number of rotatable bonds is 6. The highest BCUT2D eigenvalue weighted by Crippen LogP contribution is 2.25. The molecule has 104 valence electrons. The monoisotopic (exact) mass is 260 g/mol. The van der Waals surface area contributed by atoms with Crippen molar-refractivity contribution in [3.05, 3.63) is 42.0 Å². The summed E-state index contributed by atoms with van der Waals surface area (Å²) in [6.07, 6.45) is 9.20.